The molecule has 148 valence electrons. The molecule has 0 spiro atoms. The zero-order chi connectivity index (χ0) is 20.5. The molecule has 0 saturated carbocycles. The third kappa shape index (κ3) is 3.29. The van der Waals surface area contributed by atoms with E-state index < -0.39 is 5.92 Å². The fourth-order valence-corrected chi connectivity index (χ4v) is 3.52. The monoisotopic (exact) mass is 393 g/mol. The van der Waals surface area contributed by atoms with Crippen LogP contribution in [0.4, 0.5) is 5.82 Å². The number of aromatic nitrogens is 2. The third-order valence-corrected chi connectivity index (χ3v) is 4.94. The lowest BCUT2D eigenvalue weighted by Gasteiger charge is -2.22. The predicted molar refractivity (Wildman–Crippen MR) is 106 cm³/mol. The second kappa shape index (κ2) is 7.31. The number of ether oxygens (including phenoxy) is 2. The molecule has 0 saturated heterocycles. The Labute approximate surface area is 166 Å². The zero-order valence-electron chi connectivity index (χ0n) is 15.9. The molecule has 0 aliphatic carbocycles. The van der Waals surface area contributed by atoms with Crippen LogP contribution >= 0.6 is 0 Å². The number of hydrogen-bond donors (Lipinski definition) is 3. The number of Topliss-reactive ketones (excluding diaryl/α,β-unsaturated/α-hetero) is 1. The number of carbonyl (C=O) groups is 2. The summed E-state index contributed by atoms with van der Waals surface area (Å²) in [5.74, 6) is 0.319. The standard InChI is InChI=1S/C21H19N3O5/c1-28-15-8-5-12(9-16(15)29-2)19-18-14(10-17(26)22-21(18)24-23-19)20(27)11-3-6-13(25)7-4-11/h3-9,14,25H,10H2,1-2H3,(H2,22,23,24,26). The summed E-state index contributed by atoms with van der Waals surface area (Å²) in [6, 6.07) is 11.3. The number of H-pyrrole nitrogens is 1. The maximum atomic E-state index is 13.2. The topological polar surface area (TPSA) is 114 Å². The summed E-state index contributed by atoms with van der Waals surface area (Å²) in [7, 11) is 3.10. The van der Waals surface area contributed by atoms with Crippen molar-refractivity contribution in [3.63, 3.8) is 0 Å². The van der Waals surface area contributed by atoms with Crippen molar-refractivity contribution in [2.75, 3.05) is 19.5 Å². The molecule has 8 heteroatoms. The van der Waals surface area contributed by atoms with Gasteiger partial charge in [0, 0.05) is 23.1 Å². The fourth-order valence-electron chi connectivity index (χ4n) is 3.52. The van der Waals surface area contributed by atoms with Gasteiger partial charge in [0.25, 0.3) is 0 Å². The lowest BCUT2D eigenvalue weighted by molar-refractivity contribution is -0.116. The first-order valence-electron chi connectivity index (χ1n) is 8.95. The number of hydrogen-bond acceptors (Lipinski definition) is 6. The Morgan fingerprint density at radius 1 is 1.10 bits per heavy atom. The number of phenols is 1. The lowest BCUT2D eigenvalue weighted by atomic mass is 9.84. The van der Waals surface area contributed by atoms with Crippen molar-refractivity contribution in [3.8, 4) is 28.5 Å². The minimum absolute atomic E-state index is 0.00648. The largest absolute Gasteiger partial charge is 0.508 e. The predicted octanol–water partition coefficient (Wildman–Crippen LogP) is 3.11. The molecular formula is C21H19N3O5. The Hall–Kier alpha value is -3.81. The molecular weight excluding hydrogens is 374 g/mol. The minimum atomic E-state index is -0.704. The average molecular weight is 393 g/mol. The van der Waals surface area contributed by atoms with Crippen LogP contribution in [0.1, 0.15) is 28.3 Å². The number of carbonyl (C=O) groups excluding carboxylic acids is 2. The summed E-state index contributed by atoms with van der Waals surface area (Å²) in [4.78, 5) is 25.3. The zero-order valence-corrected chi connectivity index (χ0v) is 15.9. The van der Waals surface area contributed by atoms with Crippen molar-refractivity contribution in [2.45, 2.75) is 12.3 Å². The van der Waals surface area contributed by atoms with E-state index in [2.05, 4.69) is 15.5 Å². The highest BCUT2D eigenvalue weighted by atomic mass is 16.5. The van der Waals surface area contributed by atoms with Crippen LogP contribution in [-0.2, 0) is 4.79 Å². The second-order valence-electron chi connectivity index (χ2n) is 6.65. The molecule has 1 aliphatic heterocycles. The number of anilines is 1. The van der Waals surface area contributed by atoms with Crippen LogP contribution < -0.4 is 14.8 Å². The SMILES string of the molecule is COc1ccc(-c2[nH]nc3c2C(C(=O)c2ccc(O)cc2)CC(=O)N3)cc1OC. The first kappa shape index (κ1) is 18.5. The minimum Gasteiger partial charge on any atom is -0.508 e. The summed E-state index contributed by atoms with van der Waals surface area (Å²) in [6.07, 6.45) is 0.00648. The molecule has 1 atom stereocenters. The van der Waals surface area contributed by atoms with Gasteiger partial charge in [-0.3, -0.25) is 14.7 Å². The highest BCUT2D eigenvalue weighted by Gasteiger charge is 2.36. The molecule has 1 amide bonds. The first-order chi connectivity index (χ1) is 14.0. The van der Waals surface area contributed by atoms with Gasteiger partial charge in [-0.1, -0.05) is 0 Å². The van der Waals surface area contributed by atoms with Crippen molar-refractivity contribution in [3.05, 3.63) is 53.6 Å². The van der Waals surface area contributed by atoms with Crippen molar-refractivity contribution in [1.29, 1.82) is 0 Å². The molecule has 1 aromatic heterocycles. The molecule has 4 rings (SSSR count). The van der Waals surface area contributed by atoms with Crippen LogP contribution in [0.15, 0.2) is 42.5 Å². The van der Waals surface area contributed by atoms with Crippen molar-refractivity contribution in [1.82, 2.24) is 10.2 Å². The van der Waals surface area contributed by atoms with E-state index in [0.29, 0.717) is 34.1 Å². The molecule has 1 unspecified atom stereocenters. The number of nitrogens with zero attached hydrogens (tertiary/aromatic N) is 1. The van der Waals surface area contributed by atoms with Crippen LogP contribution in [0.3, 0.4) is 0 Å². The Morgan fingerprint density at radius 2 is 1.83 bits per heavy atom. The van der Waals surface area contributed by atoms with Gasteiger partial charge in [-0.25, -0.2) is 0 Å². The van der Waals surface area contributed by atoms with Crippen LogP contribution in [0.25, 0.3) is 11.3 Å². The normalized spacial score (nSPS) is 15.4. The highest BCUT2D eigenvalue weighted by molar-refractivity contribution is 6.08. The number of ketones is 1. The third-order valence-electron chi connectivity index (χ3n) is 4.94. The maximum Gasteiger partial charge on any atom is 0.226 e. The van der Waals surface area contributed by atoms with Crippen molar-refractivity contribution >= 4 is 17.5 Å². The van der Waals surface area contributed by atoms with Crippen LogP contribution in [-0.4, -0.2) is 41.2 Å². The van der Waals surface area contributed by atoms with Gasteiger partial charge in [-0.15, -0.1) is 0 Å². The van der Waals surface area contributed by atoms with Crippen LogP contribution in [0.5, 0.6) is 17.2 Å². The number of aromatic hydroxyl groups is 1. The lowest BCUT2D eigenvalue weighted by Crippen LogP contribution is -2.27. The highest BCUT2D eigenvalue weighted by Crippen LogP contribution is 2.41. The Balaban J connectivity index is 1.80. The summed E-state index contributed by atoms with van der Waals surface area (Å²) >= 11 is 0. The van der Waals surface area contributed by atoms with Gasteiger partial charge in [-0.2, -0.15) is 5.10 Å². The van der Waals surface area contributed by atoms with Gasteiger partial charge >= 0.3 is 0 Å². The quantitative estimate of drug-likeness (QED) is 0.574. The van der Waals surface area contributed by atoms with E-state index in [9.17, 15) is 14.7 Å². The van der Waals surface area contributed by atoms with Crippen LogP contribution in [0.2, 0.25) is 0 Å². The van der Waals surface area contributed by atoms with Gasteiger partial charge in [0.2, 0.25) is 5.91 Å². The van der Waals surface area contributed by atoms with Gasteiger partial charge < -0.3 is 19.9 Å². The Bertz CT molecular complexity index is 1090. The maximum absolute atomic E-state index is 13.2. The van der Waals surface area contributed by atoms with Crippen LogP contribution in [0, 0.1) is 0 Å². The number of aromatic amines is 1. The molecule has 3 aromatic rings. The number of fused-ring (bicyclic) bond motifs is 1. The van der Waals surface area contributed by atoms with E-state index in [1.54, 1.807) is 38.5 Å². The molecule has 8 nitrogen and oxygen atoms in total. The summed E-state index contributed by atoms with van der Waals surface area (Å²) < 4.78 is 10.7. The average Bonchev–Trinajstić information content (AvgIpc) is 3.16. The molecule has 0 fully saturated rings. The van der Waals surface area contributed by atoms with Gasteiger partial charge in [0.15, 0.2) is 23.1 Å². The molecule has 2 heterocycles. The van der Waals surface area contributed by atoms with Crippen molar-refractivity contribution < 1.29 is 24.2 Å². The smallest absolute Gasteiger partial charge is 0.226 e. The van der Waals surface area contributed by atoms with E-state index in [1.165, 1.54) is 12.1 Å². The molecule has 2 aromatic carbocycles. The molecule has 0 bridgehead atoms. The van der Waals surface area contributed by atoms with E-state index in [0.717, 1.165) is 5.56 Å². The molecule has 3 N–H and O–H groups in total. The summed E-state index contributed by atoms with van der Waals surface area (Å²) in [6.45, 7) is 0. The number of phenolic OH excluding ortho intramolecular Hbond substituents is 1. The van der Waals surface area contributed by atoms with E-state index in [4.69, 9.17) is 9.47 Å². The fraction of sp³-hybridized carbons (Fsp3) is 0.190. The van der Waals surface area contributed by atoms with Gasteiger partial charge in [-0.05, 0) is 42.5 Å². The van der Waals surface area contributed by atoms with E-state index >= 15 is 0 Å². The number of rotatable bonds is 5. The summed E-state index contributed by atoms with van der Waals surface area (Å²) in [5, 5.41) is 19.3. The second-order valence-corrected chi connectivity index (χ2v) is 6.65. The molecule has 0 radical (unpaired) electrons. The van der Waals surface area contributed by atoms with Crippen molar-refractivity contribution in [2.24, 2.45) is 0 Å². The van der Waals surface area contributed by atoms with E-state index in [1.807, 2.05) is 6.07 Å². The number of benzene rings is 2. The van der Waals surface area contributed by atoms with E-state index in [-0.39, 0.29) is 23.9 Å². The first-order valence-corrected chi connectivity index (χ1v) is 8.95. The number of methoxy groups -OCH3 is 2. The Kier molecular flexibility index (Phi) is 4.67. The molecule has 1 aliphatic rings. The number of amides is 1. The number of nitrogens with one attached hydrogen (secondary N) is 2. The van der Waals surface area contributed by atoms with Gasteiger partial charge in [0.05, 0.1) is 25.8 Å². The Morgan fingerprint density at radius 3 is 2.52 bits per heavy atom. The molecule has 29 heavy (non-hydrogen) atoms. The summed E-state index contributed by atoms with van der Waals surface area (Å²) in [5.41, 5.74) is 2.40. The van der Waals surface area contributed by atoms with Gasteiger partial charge in [0.1, 0.15) is 5.75 Å².